The molecule has 0 aromatic heterocycles. The van der Waals surface area contributed by atoms with Crippen molar-refractivity contribution >= 4 is 11.5 Å². The van der Waals surface area contributed by atoms with E-state index in [4.69, 9.17) is 9.47 Å². The van der Waals surface area contributed by atoms with Gasteiger partial charge in [0.2, 0.25) is 0 Å². The highest BCUT2D eigenvalue weighted by atomic mass is 16.5. The van der Waals surface area contributed by atoms with Gasteiger partial charge in [0.1, 0.15) is 11.9 Å². The fourth-order valence-electron chi connectivity index (χ4n) is 2.90. The molecule has 140 valence electrons. The van der Waals surface area contributed by atoms with E-state index in [9.17, 15) is 4.79 Å². The summed E-state index contributed by atoms with van der Waals surface area (Å²) in [7, 11) is 1.65. The van der Waals surface area contributed by atoms with Crippen LogP contribution in [-0.2, 0) is 16.1 Å². The van der Waals surface area contributed by atoms with Gasteiger partial charge in [-0.25, -0.2) is 0 Å². The maximum absolute atomic E-state index is 12.3. The maximum atomic E-state index is 12.3. The first-order chi connectivity index (χ1) is 12.6. The predicted molar refractivity (Wildman–Crippen MR) is 106 cm³/mol. The average molecular weight is 355 g/mol. The highest BCUT2D eigenvalue weighted by Crippen LogP contribution is 2.20. The Kier molecular flexibility index (Phi) is 8.16. The second-order valence-corrected chi connectivity index (χ2v) is 6.45. The van der Waals surface area contributed by atoms with Gasteiger partial charge in [-0.1, -0.05) is 50.1 Å². The standard InChI is InChI=1S/C22H29NO3/c1-4-5-11-21(23-19-12-14-20(25-3)15-13-19)22(17(2)24)26-16-18-9-7-6-8-10-18/h6-10,12-15,21-23H,4-5,11,16H2,1-3H3/t21-,22+/m1/s1. The van der Waals surface area contributed by atoms with Gasteiger partial charge in [-0.3, -0.25) is 4.79 Å². The summed E-state index contributed by atoms with van der Waals surface area (Å²) in [6.45, 7) is 4.18. The first-order valence-corrected chi connectivity index (χ1v) is 9.20. The fourth-order valence-corrected chi connectivity index (χ4v) is 2.90. The van der Waals surface area contributed by atoms with Crippen LogP contribution in [0, 0.1) is 0 Å². The Morgan fingerprint density at radius 2 is 1.77 bits per heavy atom. The molecular formula is C22H29NO3. The maximum Gasteiger partial charge on any atom is 0.160 e. The van der Waals surface area contributed by atoms with Crippen LogP contribution >= 0.6 is 0 Å². The number of nitrogens with one attached hydrogen (secondary N) is 1. The Labute approximate surface area is 156 Å². The largest absolute Gasteiger partial charge is 0.497 e. The fraction of sp³-hybridized carbons (Fsp3) is 0.409. The summed E-state index contributed by atoms with van der Waals surface area (Å²) >= 11 is 0. The molecule has 2 atom stereocenters. The number of carbonyl (C=O) groups excluding carboxylic acids is 1. The Morgan fingerprint density at radius 1 is 1.08 bits per heavy atom. The Morgan fingerprint density at radius 3 is 2.35 bits per heavy atom. The number of ether oxygens (including phenoxy) is 2. The highest BCUT2D eigenvalue weighted by Gasteiger charge is 2.26. The van der Waals surface area contributed by atoms with Crippen molar-refractivity contribution in [2.24, 2.45) is 0 Å². The van der Waals surface area contributed by atoms with Gasteiger partial charge in [-0.05, 0) is 43.2 Å². The van der Waals surface area contributed by atoms with Crippen molar-refractivity contribution in [2.75, 3.05) is 12.4 Å². The summed E-state index contributed by atoms with van der Waals surface area (Å²) in [5.74, 6) is 0.854. The van der Waals surface area contributed by atoms with Crippen molar-refractivity contribution in [3.05, 3.63) is 60.2 Å². The minimum absolute atomic E-state index is 0.0445. The van der Waals surface area contributed by atoms with E-state index in [1.165, 1.54) is 0 Å². The van der Waals surface area contributed by atoms with Crippen LogP contribution in [-0.4, -0.2) is 25.0 Å². The first-order valence-electron chi connectivity index (χ1n) is 9.20. The number of Topliss-reactive ketones (excluding diaryl/α,β-unsaturated/α-hetero) is 1. The van der Waals surface area contributed by atoms with Gasteiger partial charge in [0.25, 0.3) is 0 Å². The number of rotatable bonds is 11. The van der Waals surface area contributed by atoms with Gasteiger partial charge < -0.3 is 14.8 Å². The summed E-state index contributed by atoms with van der Waals surface area (Å²) in [6.07, 6.45) is 2.50. The molecule has 0 aliphatic rings. The molecule has 2 aromatic rings. The van der Waals surface area contributed by atoms with E-state index < -0.39 is 6.10 Å². The molecule has 0 unspecified atom stereocenters. The molecule has 0 amide bonds. The van der Waals surface area contributed by atoms with Crippen molar-refractivity contribution in [1.29, 1.82) is 0 Å². The van der Waals surface area contributed by atoms with Gasteiger partial charge in [-0.2, -0.15) is 0 Å². The van der Waals surface area contributed by atoms with Crippen LogP contribution in [0.25, 0.3) is 0 Å². The number of carbonyl (C=O) groups is 1. The minimum Gasteiger partial charge on any atom is -0.497 e. The lowest BCUT2D eigenvalue weighted by atomic mass is 10.0. The number of ketones is 1. The molecular weight excluding hydrogens is 326 g/mol. The lowest BCUT2D eigenvalue weighted by Gasteiger charge is -2.27. The molecule has 0 spiro atoms. The summed E-state index contributed by atoms with van der Waals surface area (Å²) in [5.41, 5.74) is 2.03. The van der Waals surface area contributed by atoms with Gasteiger partial charge in [-0.15, -0.1) is 0 Å². The van der Waals surface area contributed by atoms with Crippen LogP contribution < -0.4 is 10.1 Å². The monoisotopic (exact) mass is 355 g/mol. The molecule has 0 fully saturated rings. The van der Waals surface area contributed by atoms with E-state index in [-0.39, 0.29) is 11.8 Å². The zero-order valence-corrected chi connectivity index (χ0v) is 15.9. The van der Waals surface area contributed by atoms with Crippen LogP contribution in [0.3, 0.4) is 0 Å². The lowest BCUT2D eigenvalue weighted by molar-refractivity contribution is -0.130. The summed E-state index contributed by atoms with van der Waals surface area (Å²) in [5, 5.41) is 3.48. The van der Waals surface area contributed by atoms with Crippen molar-refractivity contribution in [3.8, 4) is 5.75 Å². The number of anilines is 1. The highest BCUT2D eigenvalue weighted by molar-refractivity contribution is 5.81. The van der Waals surface area contributed by atoms with Crippen LogP contribution in [0.1, 0.15) is 38.7 Å². The molecule has 0 heterocycles. The van der Waals surface area contributed by atoms with Gasteiger partial charge in [0, 0.05) is 5.69 Å². The molecule has 4 nitrogen and oxygen atoms in total. The second-order valence-electron chi connectivity index (χ2n) is 6.45. The quantitative estimate of drug-likeness (QED) is 0.626. The van der Waals surface area contributed by atoms with Crippen molar-refractivity contribution in [1.82, 2.24) is 0 Å². The van der Waals surface area contributed by atoms with E-state index in [2.05, 4.69) is 12.2 Å². The predicted octanol–water partition coefficient (Wildman–Crippen LogP) is 4.84. The first kappa shape index (κ1) is 20.0. The SMILES string of the molecule is CCCC[C@@H](Nc1ccc(OC)cc1)[C@@H](OCc1ccccc1)C(C)=O. The molecule has 1 N–H and O–H groups in total. The third-order valence-corrected chi connectivity index (χ3v) is 4.35. The van der Waals surface area contributed by atoms with Crippen LogP contribution in [0.5, 0.6) is 5.75 Å². The second kappa shape index (κ2) is 10.6. The number of benzene rings is 2. The summed E-state index contributed by atoms with van der Waals surface area (Å²) in [6, 6.07) is 17.6. The molecule has 0 saturated carbocycles. The third-order valence-electron chi connectivity index (χ3n) is 4.35. The van der Waals surface area contributed by atoms with Crippen molar-refractivity contribution in [2.45, 2.75) is 51.9 Å². The molecule has 26 heavy (non-hydrogen) atoms. The summed E-state index contributed by atoms with van der Waals surface area (Å²) < 4.78 is 11.2. The number of methoxy groups -OCH3 is 1. The lowest BCUT2D eigenvalue weighted by Crippen LogP contribution is -2.40. The van der Waals surface area contributed by atoms with Crippen molar-refractivity contribution in [3.63, 3.8) is 0 Å². The smallest absolute Gasteiger partial charge is 0.160 e. The molecule has 0 saturated heterocycles. The zero-order valence-electron chi connectivity index (χ0n) is 15.9. The Balaban J connectivity index is 2.09. The van der Waals surface area contributed by atoms with Gasteiger partial charge in [0.05, 0.1) is 19.8 Å². The molecule has 0 radical (unpaired) electrons. The molecule has 2 aromatic carbocycles. The van der Waals surface area contributed by atoms with Crippen LogP contribution in [0.2, 0.25) is 0 Å². The normalized spacial score (nSPS) is 13.0. The molecule has 0 bridgehead atoms. The average Bonchev–Trinajstić information content (AvgIpc) is 2.67. The van der Waals surface area contributed by atoms with E-state index in [0.717, 1.165) is 36.3 Å². The van der Waals surface area contributed by atoms with Gasteiger partial charge >= 0.3 is 0 Å². The topological polar surface area (TPSA) is 47.6 Å². The Hall–Kier alpha value is -2.33. The molecule has 2 rings (SSSR count). The van der Waals surface area contributed by atoms with Gasteiger partial charge in [0.15, 0.2) is 5.78 Å². The third kappa shape index (κ3) is 6.19. The van der Waals surface area contributed by atoms with E-state index in [1.807, 2.05) is 54.6 Å². The summed E-state index contributed by atoms with van der Waals surface area (Å²) in [4.78, 5) is 12.3. The number of unbranched alkanes of at least 4 members (excludes halogenated alkanes) is 1. The van der Waals surface area contributed by atoms with E-state index >= 15 is 0 Å². The number of hydrogen-bond acceptors (Lipinski definition) is 4. The van der Waals surface area contributed by atoms with Crippen molar-refractivity contribution < 1.29 is 14.3 Å². The molecule has 4 heteroatoms. The van der Waals surface area contributed by atoms with E-state index in [1.54, 1.807) is 14.0 Å². The minimum atomic E-state index is -0.483. The van der Waals surface area contributed by atoms with E-state index in [0.29, 0.717) is 6.61 Å². The van der Waals surface area contributed by atoms with Crippen LogP contribution in [0.15, 0.2) is 54.6 Å². The zero-order chi connectivity index (χ0) is 18.8. The Bertz CT molecular complexity index is 655. The number of hydrogen-bond donors (Lipinski definition) is 1. The van der Waals surface area contributed by atoms with Crippen LogP contribution in [0.4, 0.5) is 5.69 Å². The molecule has 0 aliphatic heterocycles. The molecule has 0 aliphatic carbocycles.